The number of tetrazole rings is 1. The summed E-state index contributed by atoms with van der Waals surface area (Å²) in [5.74, 6) is -0.871. The molecule has 38 heavy (non-hydrogen) atoms. The summed E-state index contributed by atoms with van der Waals surface area (Å²) in [7, 11) is 0. The molecule has 2 amide bonds. The van der Waals surface area contributed by atoms with Gasteiger partial charge in [0.1, 0.15) is 18.4 Å². The minimum absolute atomic E-state index is 0.257. The Morgan fingerprint density at radius 3 is 2.34 bits per heavy atom. The first-order chi connectivity index (χ1) is 18.0. The Morgan fingerprint density at radius 2 is 1.71 bits per heavy atom. The van der Waals surface area contributed by atoms with Crippen LogP contribution in [-0.2, 0) is 16.1 Å². The van der Waals surface area contributed by atoms with Gasteiger partial charge in [0.15, 0.2) is 0 Å². The molecule has 0 bridgehead atoms. The minimum atomic E-state index is -0.980. The Hall–Kier alpha value is -4.47. The molecule has 9 nitrogen and oxygen atoms in total. The maximum atomic E-state index is 14.0. The van der Waals surface area contributed by atoms with E-state index in [-0.39, 0.29) is 24.1 Å². The molecule has 0 fully saturated rings. The fourth-order valence-corrected chi connectivity index (χ4v) is 4.12. The van der Waals surface area contributed by atoms with Crippen molar-refractivity contribution in [2.24, 2.45) is 0 Å². The Kier molecular flexibility index (Phi) is 7.61. The van der Waals surface area contributed by atoms with Gasteiger partial charge in [-0.1, -0.05) is 17.7 Å². The highest BCUT2D eigenvalue weighted by Crippen LogP contribution is 2.31. The Labute approximate surface area is 220 Å². The monoisotopic (exact) mass is 515 g/mol. The second-order valence-corrected chi connectivity index (χ2v) is 10.1. The van der Waals surface area contributed by atoms with E-state index in [1.807, 2.05) is 52.8 Å². The van der Waals surface area contributed by atoms with E-state index in [4.69, 9.17) is 0 Å². The smallest absolute Gasteiger partial charge is 0.251 e. The molecule has 4 aromatic rings. The number of benzene rings is 2. The lowest BCUT2D eigenvalue weighted by molar-refractivity contribution is -0.128. The summed E-state index contributed by atoms with van der Waals surface area (Å²) in [5, 5.41) is 15.4. The summed E-state index contributed by atoms with van der Waals surface area (Å²) in [5.41, 5.74) is 3.09. The van der Waals surface area contributed by atoms with Gasteiger partial charge >= 0.3 is 0 Å². The fourth-order valence-electron chi connectivity index (χ4n) is 4.12. The minimum Gasteiger partial charge on any atom is -0.349 e. The van der Waals surface area contributed by atoms with Crippen LogP contribution in [0.2, 0.25) is 0 Å². The third-order valence-electron chi connectivity index (χ3n) is 5.74. The van der Waals surface area contributed by atoms with Crippen molar-refractivity contribution >= 4 is 17.5 Å². The number of nitrogens with zero attached hydrogens (tertiary/aromatic N) is 6. The molecule has 0 saturated heterocycles. The third kappa shape index (κ3) is 6.26. The van der Waals surface area contributed by atoms with Gasteiger partial charge in [0.05, 0.1) is 0 Å². The van der Waals surface area contributed by atoms with Crippen LogP contribution in [0.4, 0.5) is 10.1 Å². The van der Waals surface area contributed by atoms with Crippen LogP contribution in [0.5, 0.6) is 0 Å². The second-order valence-electron chi connectivity index (χ2n) is 10.1. The number of carbonyl (C=O) groups excluding carboxylic acids is 2. The van der Waals surface area contributed by atoms with Crippen LogP contribution in [0, 0.1) is 19.7 Å². The van der Waals surface area contributed by atoms with Gasteiger partial charge < -0.3 is 5.32 Å². The molecule has 0 spiro atoms. The molecule has 0 aliphatic rings. The fraction of sp³-hybridized carbons (Fsp3) is 0.286. The van der Waals surface area contributed by atoms with E-state index in [0.29, 0.717) is 16.8 Å². The molecule has 4 rings (SSSR count). The van der Waals surface area contributed by atoms with Gasteiger partial charge in [-0.2, -0.15) is 4.80 Å². The summed E-state index contributed by atoms with van der Waals surface area (Å²) in [6, 6.07) is 13.8. The molecular formula is C28H30FN7O2. The predicted molar refractivity (Wildman–Crippen MR) is 141 cm³/mol. The first kappa shape index (κ1) is 26.6. The molecule has 2 aromatic heterocycles. The van der Waals surface area contributed by atoms with Gasteiger partial charge in [0.2, 0.25) is 11.7 Å². The number of amides is 2. The molecule has 0 radical (unpaired) electrons. The zero-order chi connectivity index (χ0) is 27.4. The highest BCUT2D eigenvalue weighted by atomic mass is 19.1. The third-order valence-corrected chi connectivity index (χ3v) is 5.74. The highest BCUT2D eigenvalue weighted by molar-refractivity contribution is 6.01. The lowest BCUT2D eigenvalue weighted by Crippen LogP contribution is -2.50. The number of nitrogens with one attached hydrogen (secondary N) is 1. The molecule has 0 aliphatic carbocycles. The number of rotatable bonds is 7. The van der Waals surface area contributed by atoms with E-state index in [1.165, 1.54) is 34.0 Å². The topological polar surface area (TPSA) is 106 Å². The molecular weight excluding hydrogens is 485 g/mol. The number of pyridine rings is 1. The van der Waals surface area contributed by atoms with Crippen molar-refractivity contribution in [3.63, 3.8) is 0 Å². The second kappa shape index (κ2) is 10.9. The molecule has 1 unspecified atom stereocenters. The Balaban J connectivity index is 1.75. The van der Waals surface area contributed by atoms with E-state index in [0.717, 1.165) is 11.1 Å². The van der Waals surface area contributed by atoms with E-state index < -0.39 is 17.5 Å². The summed E-state index contributed by atoms with van der Waals surface area (Å²) in [6.45, 7) is 9.24. The molecule has 2 aromatic carbocycles. The zero-order valence-electron chi connectivity index (χ0n) is 22.0. The van der Waals surface area contributed by atoms with Crippen LogP contribution >= 0.6 is 0 Å². The van der Waals surface area contributed by atoms with Gasteiger partial charge in [-0.25, -0.2) is 4.39 Å². The van der Waals surface area contributed by atoms with Crippen molar-refractivity contribution in [3.05, 3.63) is 89.5 Å². The lowest BCUT2D eigenvalue weighted by atomic mass is 10.00. The van der Waals surface area contributed by atoms with E-state index >= 15 is 0 Å². The zero-order valence-corrected chi connectivity index (χ0v) is 22.0. The number of hydrogen-bond acceptors (Lipinski definition) is 6. The van der Waals surface area contributed by atoms with E-state index in [1.54, 1.807) is 24.5 Å². The summed E-state index contributed by atoms with van der Waals surface area (Å²) >= 11 is 0. The first-order valence-corrected chi connectivity index (χ1v) is 12.2. The van der Waals surface area contributed by atoms with E-state index in [9.17, 15) is 14.0 Å². The van der Waals surface area contributed by atoms with Crippen LogP contribution in [0.3, 0.4) is 0 Å². The number of halogens is 1. The van der Waals surface area contributed by atoms with Crippen LogP contribution in [-0.4, -0.2) is 42.5 Å². The van der Waals surface area contributed by atoms with Crippen LogP contribution < -0.4 is 10.2 Å². The van der Waals surface area contributed by atoms with Gasteiger partial charge in [0, 0.05) is 29.2 Å². The van der Waals surface area contributed by atoms with Gasteiger partial charge in [-0.15, -0.1) is 10.2 Å². The summed E-state index contributed by atoms with van der Waals surface area (Å²) in [4.78, 5) is 34.4. The standard InChI is InChI=1S/C28H30FN7O2/c1-18-6-11-23(19(2)16-18)36(25(20-12-14-30-15-13-20)27(38)31-28(3,4)5)24(37)17-35-33-26(32-34-35)21-7-9-22(29)10-8-21/h6-16,25H,17H2,1-5H3,(H,31,38). The molecule has 2 heterocycles. The Morgan fingerprint density at radius 1 is 1.03 bits per heavy atom. The molecule has 196 valence electrons. The van der Waals surface area contributed by atoms with E-state index in [2.05, 4.69) is 25.7 Å². The van der Waals surface area contributed by atoms with Crippen LogP contribution in [0.1, 0.15) is 43.5 Å². The molecule has 0 saturated carbocycles. The normalized spacial score (nSPS) is 12.2. The number of carbonyl (C=O) groups is 2. The predicted octanol–water partition coefficient (Wildman–Crippen LogP) is 4.18. The van der Waals surface area contributed by atoms with Gasteiger partial charge in [-0.3, -0.25) is 19.5 Å². The van der Waals surface area contributed by atoms with Crippen molar-refractivity contribution < 1.29 is 14.0 Å². The average Bonchev–Trinajstić information content (AvgIpc) is 3.31. The van der Waals surface area contributed by atoms with Crippen LogP contribution in [0.15, 0.2) is 67.0 Å². The molecule has 1 N–H and O–H groups in total. The number of aromatic nitrogens is 5. The van der Waals surface area contributed by atoms with Crippen molar-refractivity contribution in [2.75, 3.05) is 4.90 Å². The maximum absolute atomic E-state index is 14.0. The summed E-state index contributed by atoms with van der Waals surface area (Å²) in [6.07, 6.45) is 3.18. The maximum Gasteiger partial charge on any atom is 0.251 e. The number of hydrogen-bond donors (Lipinski definition) is 1. The summed E-state index contributed by atoms with van der Waals surface area (Å²) < 4.78 is 13.3. The van der Waals surface area contributed by atoms with Crippen molar-refractivity contribution in [3.8, 4) is 11.4 Å². The Bertz CT molecular complexity index is 1430. The van der Waals surface area contributed by atoms with Crippen molar-refractivity contribution in [1.82, 2.24) is 30.5 Å². The van der Waals surface area contributed by atoms with Gasteiger partial charge in [0.25, 0.3) is 5.91 Å². The average molecular weight is 516 g/mol. The van der Waals surface area contributed by atoms with Gasteiger partial charge in [-0.05, 0) is 93.4 Å². The molecule has 1 atom stereocenters. The first-order valence-electron chi connectivity index (χ1n) is 12.2. The molecule has 0 aliphatic heterocycles. The molecule has 10 heteroatoms. The van der Waals surface area contributed by atoms with Crippen molar-refractivity contribution in [2.45, 2.75) is 52.7 Å². The lowest BCUT2D eigenvalue weighted by Gasteiger charge is -2.34. The number of aryl methyl sites for hydroxylation is 2. The quantitative estimate of drug-likeness (QED) is 0.396. The SMILES string of the molecule is Cc1ccc(N(C(=O)Cn2nnc(-c3ccc(F)cc3)n2)C(C(=O)NC(C)(C)C)c2ccncc2)c(C)c1. The largest absolute Gasteiger partial charge is 0.349 e. The van der Waals surface area contributed by atoms with Crippen molar-refractivity contribution in [1.29, 1.82) is 0 Å². The number of anilines is 1. The highest BCUT2D eigenvalue weighted by Gasteiger charge is 2.35. The van der Waals surface area contributed by atoms with Crippen LogP contribution in [0.25, 0.3) is 11.4 Å².